The quantitative estimate of drug-likeness (QED) is 0.634. The van der Waals surface area contributed by atoms with Crippen LogP contribution in [-0.2, 0) is 17.9 Å². The van der Waals surface area contributed by atoms with E-state index in [0.717, 1.165) is 16.7 Å². The van der Waals surface area contributed by atoms with Crippen molar-refractivity contribution in [1.82, 2.24) is 5.32 Å². The molecule has 0 aliphatic heterocycles. The molecule has 0 spiro atoms. The van der Waals surface area contributed by atoms with Crippen LogP contribution in [0.3, 0.4) is 0 Å². The number of hydrogen-bond acceptors (Lipinski definition) is 3. The van der Waals surface area contributed by atoms with E-state index >= 15 is 0 Å². The summed E-state index contributed by atoms with van der Waals surface area (Å²) >= 11 is 0. The van der Waals surface area contributed by atoms with E-state index < -0.39 is 6.10 Å². The van der Waals surface area contributed by atoms with Crippen LogP contribution < -0.4 is 11.1 Å². The van der Waals surface area contributed by atoms with Gasteiger partial charge in [-0.2, -0.15) is 0 Å². The normalized spacial score (nSPS) is 11.9. The molecule has 0 aliphatic rings. The highest BCUT2D eigenvalue weighted by Crippen LogP contribution is 2.08. The minimum absolute atomic E-state index is 0.00168. The average molecular weight is 276 g/mol. The van der Waals surface area contributed by atoms with Crippen molar-refractivity contribution in [1.29, 1.82) is 0 Å². The Morgan fingerprint density at radius 1 is 1.35 bits per heavy atom. The van der Waals surface area contributed by atoms with Gasteiger partial charge in [0.25, 0.3) is 0 Å². The topological polar surface area (TPSA) is 75.3 Å². The second-order valence-corrected chi connectivity index (χ2v) is 5.05. The third kappa shape index (κ3) is 5.99. The van der Waals surface area contributed by atoms with Gasteiger partial charge in [0.1, 0.15) is 0 Å². The van der Waals surface area contributed by atoms with Crippen LogP contribution in [0.5, 0.6) is 0 Å². The molecule has 1 aromatic rings. The minimum atomic E-state index is -0.508. The maximum atomic E-state index is 11.7. The van der Waals surface area contributed by atoms with Gasteiger partial charge < -0.3 is 16.2 Å². The number of nitrogens with one attached hydrogen (secondary N) is 1. The lowest BCUT2D eigenvalue weighted by Crippen LogP contribution is -2.22. The van der Waals surface area contributed by atoms with Gasteiger partial charge in [-0.25, -0.2) is 0 Å². The number of nitrogens with two attached hydrogens (primary N) is 1. The van der Waals surface area contributed by atoms with E-state index in [1.165, 1.54) is 0 Å². The van der Waals surface area contributed by atoms with Gasteiger partial charge in [-0.05, 0) is 30.9 Å². The highest BCUT2D eigenvalue weighted by atomic mass is 16.3. The second kappa shape index (κ2) is 8.51. The standard InChI is InChI=1S/C16H24N2O2/c1-12(2)15(19)4-3-5-16(20)18-11-14-8-6-13(10-17)7-9-14/h6-9,15,19H,1,3-5,10-11,17H2,2H3,(H,18,20). The van der Waals surface area contributed by atoms with E-state index in [1.54, 1.807) is 6.92 Å². The summed E-state index contributed by atoms with van der Waals surface area (Å²) in [6, 6.07) is 7.86. The van der Waals surface area contributed by atoms with Crippen molar-refractivity contribution >= 4 is 5.91 Å². The average Bonchev–Trinajstić information content (AvgIpc) is 2.45. The first kappa shape index (κ1) is 16.4. The van der Waals surface area contributed by atoms with Crippen LogP contribution in [0, 0.1) is 0 Å². The summed E-state index contributed by atoms with van der Waals surface area (Å²) < 4.78 is 0. The molecule has 20 heavy (non-hydrogen) atoms. The molecule has 0 saturated heterocycles. The van der Waals surface area contributed by atoms with Gasteiger partial charge in [0.15, 0.2) is 0 Å². The molecule has 1 atom stereocenters. The zero-order valence-corrected chi connectivity index (χ0v) is 12.1. The fourth-order valence-corrected chi connectivity index (χ4v) is 1.78. The first-order chi connectivity index (χ1) is 9.52. The Hall–Kier alpha value is -1.65. The molecule has 1 rings (SSSR count). The third-order valence-electron chi connectivity index (χ3n) is 3.20. The summed E-state index contributed by atoms with van der Waals surface area (Å²) in [5.74, 6) is 0.00168. The number of carbonyl (C=O) groups excluding carboxylic acids is 1. The Balaban J connectivity index is 2.23. The van der Waals surface area contributed by atoms with Gasteiger partial charge in [-0.15, -0.1) is 0 Å². The maximum absolute atomic E-state index is 11.7. The molecule has 110 valence electrons. The van der Waals surface area contributed by atoms with E-state index in [4.69, 9.17) is 5.73 Å². The van der Waals surface area contributed by atoms with Gasteiger partial charge in [0.05, 0.1) is 6.10 Å². The van der Waals surface area contributed by atoms with Crippen LogP contribution >= 0.6 is 0 Å². The lowest BCUT2D eigenvalue weighted by Gasteiger charge is -2.10. The highest BCUT2D eigenvalue weighted by Gasteiger charge is 2.06. The largest absolute Gasteiger partial charge is 0.389 e. The molecule has 1 unspecified atom stereocenters. The molecular weight excluding hydrogens is 252 g/mol. The molecule has 4 N–H and O–H groups in total. The summed E-state index contributed by atoms with van der Waals surface area (Å²) in [6.45, 7) is 6.52. The molecule has 0 aliphatic carbocycles. The van der Waals surface area contributed by atoms with Gasteiger partial charge in [0.2, 0.25) is 5.91 Å². The predicted octanol–water partition coefficient (Wildman–Crippen LogP) is 1.87. The number of aliphatic hydroxyl groups excluding tert-OH is 1. The molecule has 4 heteroatoms. The number of benzene rings is 1. The zero-order chi connectivity index (χ0) is 15.0. The van der Waals surface area contributed by atoms with Gasteiger partial charge >= 0.3 is 0 Å². The molecule has 0 fully saturated rings. The van der Waals surface area contributed by atoms with Crippen LogP contribution in [0.4, 0.5) is 0 Å². The molecule has 4 nitrogen and oxygen atoms in total. The minimum Gasteiger partial charge on any atom is -0.389 e. The summed E-state index contributed by atoms with van der Waals surface area (Å²) in [4.78, 5) is 11.7. The number of amides is 1. The van der Waals surface area contributed by atoms with Crippen LogP contribution in [-0.4, -0.2) is 17.1 Å². The first-order valence-corrected chi connectivity index (χ1v) is 6.91. The molecule has 1 aromatic carbocycles. The van der Waals surface area contributed by atoms with E-state index in [0.29, 0.717) is 32.4 Å². The summed E-state index contributed by atoms with van der Waals surface area (Å²) in [5, 5.41) is 12.4. The van der Waals surface area contributed by atoms with Gasteiger partial charge in [0, 0.05) is 19.5 Å². The summed E-state index contributed by atoms with van der Waals surface area (Å²) in [5.41, 5.74) is 8.40. The Morgan fingerprint density at radius 2 is 1.95 bits per heavy atom. The lowest BCUT2D eigenvalue weighted by molar-refractivity contribution is -0.121. The third-order valence-corrected chi connectivity index (χ3v) is 3.20. The molecule has 1 amide bonds. The van der Waals surface area contributed by atoms with Gasteiger partial charge in [-0.1, -0.05) is 36.4 Å². The maximum Gasteiger partial charge on any atom is 0.220 e. The van der Waals surface area contributed by atoms with E-state index in [2.05, 4.69) is 11.9 Å². The van der Waals surface area contributed by atoms with Crippen molar-refractivity contribution in [3.8, 4) is 0 Å². The lowest BCUT2D eigenvalue weighted by atomic mass is 10.1. The number of rotatable bonds is 8. The van der Waals surface area contributed by atoms with Crippen LogP contribution in [0.15, 0.2) is 36.4 Å². The predicted molar refractivity (Wildman–Crippen MR) is 80.9 cm³/mol. The van der Waals surface area contributed by atoms with Crippen molar-refractivity contribution in [2.75, 3.05) is 0 Å². The Bertz CT molecular complexity index is 440. The molecule has 0 bridgehead atoms. The molecule has 0 saturated carbocycles. The number of carbonyl (C=O) groups is 1. The second-order valence-electron chi connectivity index (χ2n) is 5.05. The Labute approximate surface area is 120 Å². The zero-order valence-electron chi connectivity index (χ0n) is 12.1. The highest BCUT2D eigenvalue weighted by molar-refractivity contribution is 5.75. The van der Waals surface area contributed by atoms with Crippen LogP contribution in [0.2, 0.25) is 0 Å². The van der Waals surface area contributed by atoms with Crippen molar-refractivity contribution in [3.63, 3.8) is 0 Å². The van der Waals surface area contributed by atoms with Gasteiger partial charge in [-0.3, -0.25) is 4.79 Å². The monoisotopic (exact) mass is 276 g/mol. The molecule has 0 aromatic heterocycles. The molecular formula is C16H24N2O2. The molecule has 0 radical (unpaired) electrons. The van der Waals surface area contributed by atoms with Crippen molar-refractivity contribution in [2.24, 2.45) is 5.73 Å². The van der Waals surface area contributed by atoms with Crippen LogP contribution in [0.1, 0.15) is 37.3 Å². The van der Waals surface area contributed by atoms with Crippen molar-refractivity contribution in [2.45, 2.75) is 45.4 Å². The Kier molecular flexibility index (Phi) is 6.98. The van der Waals surface area contributed by atoms with E-state index in [9.17, 15) is 9.90 Å². The fourth-order valence-electron chi connectivity index (χ4n) is 1.78. The van der Waals surface area contributed by atoms with Crippen LogP contribution in [0.25, 0.3) is 0 Å². The summed E-state index contributed by atoms with van der Waals surface area (Å²) in [7, 11) is 0. The first-order valence-electron chi connectivity index (χ1n) is 6.91. The van der Waals surface area contributed by atoms with Crippen molar-refractivity contribution < 1.29 is 9.90 Å². The van der Waals surface area contributed by atoms with E-state index in [1.807, 2.05) is 24.3 Å². The Morgan fingerprint density at radius 3 is 2.50 bits per heavy atom. The SMILES string of the molecule is C=C(C)C(O)CCCC(=O)NCc1ccc(CN)cc1. The fraction of sp³-hybridized carbons (Fsp3) is 0.438. The number of hydrogen-bond donors (Lipinski definition) is 3. The molecule has 0 heterocycles. The number of aliphatic hydroxyl groups is 1. The summed E-state index contributed by atoms with van der Waals surface area (Å²) in [6.07, 6.45) is 1.15. The van der Waals surface area contributed by atoms with Crippen molar-refractivity contribution in [3.05, 3.63) is 47.5 Å². The smallest absolute Gasteiger partial charge is 0.220 e. The van der Waals surface area contributed by atoms with E-state index in [-0.39, 0.29) is 5.91 Å².